The summed E-state index contributed by atoms with van der Waals surface area (Å²) in [6.07, 6.45) is 3.89. The number of para-hydroxylation sites is 1. The Balaban J connectivity index is 1.37. The molecule has 1 saturated carbocycles. The standard InChI is InChI=1S/C20H23N3O4/c24-17(23-11-13-5-4-10-20(13,12-23)19(26)27)9-3-8-16-21-15-7-2-1-6-14(15)18(25)22-16/h1-2,6-7,13H,3-5,8-12H2,(H,26,27)(H,21,22,25)/t13-,20+/m0/s1. The molecule has 0 spiro atoms. The van der Waals surface area contributed by atoms with Crippen LogP contribution in [0.2, 0.25) is 0 Å². The first-order chi connectivity index (χ1) is 13.0. The van der Waals surface area contributed by atoms with Crippen LogP contribution in [0.25, 0.3) is 10.9 Å². The van der Waals surface area contributed by atoms with Gasteiger partial charge in [-0.05, 0) is 37.3 Å². The summed E-state index contributed by atoms with van der Waals surface area (Å²) < 4.78 is 0. The van der Waals surface area contributed by atoms with E-state index in [1.165, 1.54) is 0 Å². The number of hydrogen-bond donors (Lipinski definition) is 2. The Kier molecular flexibility index (Phi) is 4.45. The van der Waals surface area contributed by atoms with Gasteiger partial charge in [-0.3, -0.25) is 14.4 Å². The largest absolute Gasteiger partial charge is 0.481 e. The van der Waals surface area contributed by atoms with E-state index in [0.717, 1.165) is 12.8 Å². The van der Waals surface area contributed by atoms with Crippen molar-refractivity contribution >= 4 is 22.8 Å². The molecule has 7 heteroatoms. The Bertz CT molecular complexity index is 954. The third-order valence-corrected chi connectivity index (χ3v) is 6.12. The number of nitrogens with one attached hydrogen (secondary N) is 1. The SMILES string of the molecule is O=C(CCCc1nc2ccccc2c(=O)[nH]1)N1C[C@@H]2CCC[C@@]2(C(=O)O)C1. The molecule has 1 aromatic carbocycles. The molecule has 2 fully saturated rings. The monoisotopic (exact) mass is 369 g/mol. The second-order valence-corrected chi connectivity index (χ2v) is 7.71. The second kappa shape index (κ2) is 6.79. The fourth-order valence-electron chi connectivity index (χ4n) is 4.65. The maximum absolute atomic E-state index is 12.6. The minimum atomic E-state index is -0.766. The first-order valence-corrected chi connectivity index (χ1v) is 9.49. The first-order valence-electron chi connectivity index (χ1n) is 9.49. The summed E-state index contributed by atoms with van der Waals surface area (Å²) in [5.74, 6) is -0.115. The van der Waals surface area contributed by atoms with Crippen molar-refractivity contribution < 1.29 is 14.7 Å². The van der Waals surface area contributed by atoms with E-state index >= 15 is 0 Å². The van der Waals surface area contributed by atoms with E-state index < -0.39 is 11.4 Å². The van der Waals surface area contributed by atoms with E-state index in [1.54, 1.807) is 23.1 Å². The van der Waals surface area contributed by atoms with Gasteiger partial charge in [0.05, 0.1) is 16.3 Å². The molecular formula is C20H23N3O4. The molecule has 2 aromatic rings. The lowest BCUT2D eigenvalue weighted by molar-refractivity contribution is -0.149. The van der Waals surface area contributed by atoms with Crippen molar-refractivity contribution in [2.75, 3.05) is 13.1 Å². The number of carboxylic acids is 1. The van der Waals surface area contributed by atoms with E-state index in [2.05, 4.69) is 9.97 Å². The van der Waals surface area contributed by atoms with Gasteiger partial charge in [-0.15, -0.1) is 0 Å². The van der Waals surface area contributed by atoms with E-state index in [9.17, 15) is 19.5 Å². The number of aryl methyl sites for hydroxylation is 1. The molecule has 0 radical (unpaired) electrons. The van der Waals surface area contributed by atoms with Crippen LogP contribution in [0.1, 0.15) is 37.9 Å². The summed E-state index contributed by atoms with van der Waals surface area (Å²) in [5.41, 5.74) is -0.253. The van der Waals surface area contributed by atoms with Gasteiger partial charge >= 0.3 is 5.97 Å². The van der Waals surface area contributed by atoms with Crippen molar-refractivity contribution in [2.45, 2.75) is 38.5 Å². The maximum atomic E-state index is 12.6. The molecule has 1 amide bonds. The fraction of sp³-hybridized carbons (Fsp3) is 0.500. The predicted octanol–water partition coefficient (Wildman–Crippen LogP) is 1.96. The number of aliphatic carboxylic acids is 1. The number of aromatic amines is 1. The summed E-state index contributed by atoms with van der Waals surface area (Å²) in [6.45, 7) is 0.882. The average Bonchev–Trinajstić information content (AvgIpc) is 3.20. The minimum absolute atomic E-state index is 0.00633. The third kappa shape index (κ3) is 3.11. The van der Waals surface area contributed by atoms with Gasteiger partial charge in [-0.25, -0.2) is 4.98 Å². The molecule has 0 unspecified atom stereocenters. The number of fused-ring (bicyclic) bond motifs is 2. The van der Waals surface area contributed by atoms with E-state index in [-0.39, 0.29) is 17.4 Å². The number of H-pyrrole nitrogens is 1. The Morgan fingerprint density at radius 1 is 1.33 bits per heavy atom. The number of likely N-dealkylation sites (tertiary alicyclic amines) is 1. The molecule has 2 aliphatic rings. The molecule has 142 valence electrons. The third-order valence-electron chi connectivity index (χ3n) is 6.12. The van der Waals surface area contributed by atoms with Gasteiger partial charge in [0.2, 0.25) is 5.91 Å². The number of nitrogens with zero attached hydrogens (tertiary/aromatic N) is 2. The molecule has 0 bridgehead atoms. The van der Waals surface area contributed by atoms with Crippen molar-refractivity contribution in [1.29, 1.82) is 0 Å². The van der Waals surface area contributed by atoms with Crippen LogP contribution in [0.5, 0.6) is 0 Å². The van der Waals surface area contributed by atoms with Crippen molar-refractivity contribution in [2.24, 2.45) is 11.3 Å². The number of benzene rings is 1. The average molecular weight is 369 g/mol. The highest BCUT2D eigenvalue weighted by atomic mass is 16.4. The summed E-state index contributed by atoms with van der Waals surface area (Å²) in [5, 5.41) is 10.2. The summed E-state index contributed by atoms with van der Waals surface area (Å²) >= 11 is 0. The quantitative estimate of drug-likeness (QED) is 0.838. The molecule has 2 heterocycles. The maximum Gasteiger partial charge on any atom is 0.311 e. The lowest BCUT2D eigenvalue weighted by atomic mass is 9.81. The van der Waals surface area contributed by atoms with Crippen LogP contribution in [-0.2, 0) is 16.0 Å². The van der Waals surface area contributed by atoms with Crippen LogP contribution in [0.4, 0.5) is 0 Å². The molecule has 7 nitrogen and oxygen atoms in total. The lowest BCUT2D eigenvalue weighted by Crippen LogP contribution is -2.37. The highest BCUT2D eigenvalue weighted by Gasteiger charge is 2.55. The van der Waals surface area contributed by atoms with Gasteiger partial charge in [0.1, 0.15) is 5.82 Å². The van der Waals surface area contributed by atoms with Crippen molar-refractivity contribution in [3.63, 3.8) is 0 Å². The van der Waals surface area contributed by atoms with E-state index in [4.69, 9.17) is 0 Å². The minimum Gasteiger partial charge on any atom is -0.481 e. The zero-order valence-corrected chi connectivity index (χ0v) is 15.1. The molecular weight excluding hydrogens is 346 g/mol. The van der Waals surface area contributed by atoms with Crippen molar-refractivity contribution in [3.05, 3.63) is 40.4 Å². The Morgan fingerprint density at radius 2 is 2.15 bits per heavy atom. The first kappa shape index (κ1) is 17.7. The Labute approximate surface area is 156 Å². The van der Waals surface area contributed by atoms with Crippen LogP contribution >= 0.6 is 0 Å². The highest BCUT2D eigenvalue weighted by molar-refractivity contribution is 5.81. The van der Waals surface area contributed by atoms with Crippen molar-refractivity contribution in [1.82, 2.24) is 14.9 Å². The number of rotatable bonds is 5. The number of aromatic nitrogens is 2. The van der Waals surface area contributed by atoms with Crippen molar-refractivity contribution in [3.8, 4) is 0 Å². The zero-order chi connectivity index (χ0) is 19.0. The molecule has 1 aliphatic heterocycles. The second-order valence-electron chi connectivity index (χ2n) is 7.71. The van der Waals surface area contributed by atoms with Crippen LogP contribution in [0.3, 0.4) is 0 Å². The predicted molar refractivity (Wildman–Crippen MR) is 99.3 cm³/mol. The summed E-state index contributed by atoms with van der Waals surface area (Å²) in [6, 6.07) is 7.17. The van der Waals surface area contributed by atoms with E-state index in [1.807, 2.05) is 6.07 Å². The van der Waals surface area contributed by atoms with Crippen LogP contribution in [0.15, 0.2) is 29.1 Å². The van der Waals surface area contributed by atoms with Gasteiger partial charge in [-0.1, -0.05) is 18.6 Å². The number of carboxylic acid groups (broad SMARTS) is 1. The van der Waals surface area contributed by atoms with Crippen LogP contribution in [0, 0.1) is 11.3 Å². The topological polar surface area (TPSA) is 103 Å². The van der Waals surface area contributed by atoms with Crippen LogP contribution in [-0.4, -0.2) is 44.9 Å². The number of amides is 1. The molecule has 2 atom stereocenters. The molecule has 1 aromatic heterocycles. The molecule has 27 heavy (non-hydrogen) atoms. The van der Waals surface area contributed by atoms with Gasteiger partial charge in [0.15, 0.2) is 0 Å². The van der Waals surface area contributed by atoms with Gasteiger partial charge in [0, 0.05) is 25.9 Å². The summed E-state index contributed by atoms with van der Waals surface area (Å²) in [7, 11) is 0. The Hall–Kier alpha value is -2.70. The summed E-state index contributed by atoms with van der Waals surface area (Å²) in [4.78, 5) is 45.3. The Morgan fingerprint density at radius 3 is 2.93 bits per heavy atom. The normalized spacial score (nSPS) is 24.3. The smallest absolute Gasteiger partial charge is 0.311 e. The number of carbonyl (C=O) groups is 2. The highest BCUT2D eigenvalue weighted by Crippen LogP contribution is 2.49. The fourth-order valence-corrected chi connectivity index (χ4v) is 4.65. The van der Waals surface area contributed by atoms with Gasteiger partial charge < -0.3 is 15.0 Å². The number of hydrogen-bond acceptors (Lipinski definition) is 4. The van der Waals surface area contributed by atoms with Crippen LogP contribution < -0.4 is 5.56 Å². The molecule has 1 aliphatic carbocycles. The van der Waals surface area contributed by atoms with E-state index in [0.29, 0.717) is 55.5 Å². The van der Waals surface area contributed by atoms with Gasteiger partial charge in [0.25, 0.3) is 5.56 Å². The lowest BCUT2D eigenvalue weighted by Gasteiger charge is -2.23. The zero-order valence-electron chi connectivity index (χ0n) is 15.1. The van der Waals surface area contributed by atoms with Gasteiger partial charge in [-0.2, -0.15) is 0 Å². The molecule has 2 N–H and O–H groups in total. The molecule has 4 rings (SSSR count). The number of carbonyl (C=O) groups excluding carboxylic acids is 1. The molecule has 1 saturated heterocycles.